The zero-order valence-electron chi connectivity index (χ0n) is 7.72. The van der Waals surface area contributed by atoms with Gasteiger partial charge in [0.25, 0.3) is 6.43 Å². The number of aromatic nitrogens is 1. The van der Waals surface area contributed by atoms with E-state index in [-0.39, 0.29) is 0 Å². The van der Waals surface area contributed by atoms with Gasteiger partial charge >= 0.3 is 5.69 Å². The largest absolute Gasteiger partial charge is 0.506 e. The van der Waals surface area contributed by atoms with E-state index in [1.165, 1.54) is 0 Å². The molecule has 1 rings (SSSR count). The zero-order chi connectivity index (χ0) is 12.3. The fourth-order valence-electron chi connectivity index (χ4n) is 1.16. The first-order valence-electron chi connectivity index (χ1n) is 3.99. The molecule has 1 N–H and O–H groups in total. The predicted octanol–water partition coefficient (Wildman–Crippen LogP) is 1.70. The van der Waals surface area contributed by atoms with Crippen LogP contribution in [0.5, 0.6) is 5.75 Å². The SMILES string of the molecule is N#CCc1c(O)cnc(C(F)F)c1[N+](=O)[O-]. The second kappa shape index (κ2) is 4.48. The third-order valence-electron chi connectivity index (χ3n) is 1.81. The van der Waals surface area contributed by atoms with Crippen molar-refractivity contribution in [3.05, 3.63) is 27.6 Å². The number of hydrogen-bond acceptors (Lipinski definition) is 5. The van der Waals surface area contributed by atoms with E-state index < -0.39 is 40.5 Å². The molecule has 6 nitrogen and oxygen atoms in total. The Labute approximate surface area is 87.9 Å². The molecule has 0 radical (unpaired) electrons. The van der Waals surface area contributed by atoms with Crippen molar-refractivity contribution in [2.45, 2.75) is 12.8 Å². The molecule has 0 atom stereocenters. The molecule has 0 amide bonds. The summed E-state index contributed by atoms with van der Waals surface area (Å²) in [6.45, 7) is 0. The molecule has 0 aromatic carbocycles. The van der Waals surface area contributed by atoms with E-state index >= 15 is 0 Å². The molecule has 0 unspecified atom stereocenters. The quantitative estimate of drug-likeness (QED) is 0.627. The highest BCUT2D eigenvalue weighted by Gasteiger charge is 2.29. The molecule has 1 aromatic heterocycles. The molecule has 0 fully saturated rings. The average molecular weight is 229 g/mol. The first kappa shape index (κ1) is 11.8. The number of pyridine rings is 1. The Morgan fingerprint density at radius 2 is 2.31 bits per heavy atom. The van der Waals surface area contributed by atoms with Gasteiger partial charge in [-0.2, -0.15) is 5.26 Å². The predicted molar refractivity (Wildman–Crippen MR) is 46.8 cm³/mol. The molecule has 0 saturated carbocycles. The van der Waals surface area contributed by atoms with E-state index in [0.717, 1.165) is 0 Å². The standard InChI is InChI=1S/C8H5F2N3O3/c9-8(10)6-7(13(15)16)4(1-2-11)5(14)3-12-6/h3,8,14H,1H2. The van der Waals surface area contributed by atoms with Crippen LogP contribution < -0.4 is 0 Å². The monoisotopic (exact) mass is 229 g/mol. The smallest absolute Gasteiger partial charge is 0.304 e. The fraction of sp³-hybridized carbons (Fsp3) is 0.250. The maximum absolute atomic E-state index is 12.4. The van der Waals surface area contributed by atoms with Gasteiger partial charge in [-0.1, -0.05) is 0 Å². The third-order valence-corrected chi connectivity index (χ3v) is 1.81. The molecule has 84 valence electrons. The van der Waals surface area contributed by atoms with Crippen LogP contribution >= 0.6 is 0 Å². The van der Waals surface area contributed by atoms with E-state index in [1.54, 1.807) is 6.07 Å². The molecule has 8 heteroatoms. The Kier molecular flexibility index (Phi) is 3.30. The molecule has 16 heavy (non-hydrogen) atoms. The van der Waals surface area contributed by atoms with Crippen molar-refractivity contribution < 1.29 is 18.8 Å². The number of alkyl halides is 2. The third kappa shape index (κ3) is 2.03. The Morgan fingerprint density at radius 3 is 2.75 bits per heavy atom. The molecular weight excluding hydrogens is 224 g/mol. The lowest BCUT2D eigenvalue weighted by atomic mass is 10.1. The van der Waals surface area contributed by atoms with Crippen molar-refractivity contribution in [1.82, 2.24) is 4.98 Å². The summed E-state index contributed by atoms with van der Waals surface area (Å²) in [6, 6.07) is 1.55. The van der Waals surface area contributed by atoms with Gasteiger partial charge in [-0.05, 0) is 0 Å². The van der Waals surface area contributed by atoms with E-state index in [2.05, 4.69) is 4.98 Å². The minimum atomic E-state index is -3.14. The van der Waals surface area contributed by atoms with Gasteiger partial charge in [-0.3, -0.25) is 10.1 Å². The van der Waals surface area contributed by atoms with Crippen molar-refractivity contribution in [2.75, 3.05) is 0 Å². The molecule has 0 spiro atoms. The topological polar surface area (TPSA) is 100 Å². The van der Waals surface area contributed by atoms with Crippen LogP contribution in [0.2, 0.25) is 0 Å². The molecule has 1 aromatic rings. The molecule has 0 aliphatic heterocycles. The lowest BCUT2D eigenvalue weighted by molar-refractivity contribution is -0.387. The minimum Gasteiger partial charge on any atom is -0.506 e. The van der Waals surface area contributed by atoms with Crippen molar-refractivity contribution >= 4 is 5.69 Å². The second-order valence-corrected chi connectivity index (χ2v) is 2.75. The number of nitriles is 1. The number of nitrogens with zero attached hydrogens (tertiary/aromatic N) is 3. The Bertz CT molecular complexity index is 470. The summed E-state index contributed by atoms with van der Waals surface area (Å²) in [5.41, 5.74) is -2.50. The van der Waals surface area contributed by atoms with E-state index in [1.807, 2.05) is 0 Å². The first-order chi connectivity index (χ1) is 7.49. The van der Waals surface area contributed by atoms with E-state index in [9.17, 15) is 24.0 Å². The molecule has 0 bridgehead atoms. The lowest BCUT2D eigenvalue weighted by Gasteiger charge is -2.05. The van der Waals surface area contributed by atoms with Crippen LogP contribution in [0.3, 0.4) is 0 Å². The average Bonchev–Trinajstić information content (AvgIpc) is 2.20. The number of hydrogen-bond donors (Lipinski definition) is 1. The molecule has 0 saturated heterocycles. The molecule has 0 aliphatic carbocycles. The van der Waals surface area contributed by atoms with Crippen LogP contribution in [0.4, 0.5) is 14.5 Å². The molecular formula is C8H5F2N3O3. The number of halogens is 2. The summed E-state index contributed by atoms with van der Waals surface area (Å²) in [6.07, 6.45) is -3.01. The normalized spacial score (nSPS) is 10.1. The van der Waals surface area contributed by atoms with Gasteiger partial charge in [0.2, 0.25) is 0 Å². The van der Waals surface area contributed by atoms with Crippen LogP contribution in [0.25, 0.3) is 0 Å². The fourth-order valence-corrected chi connectivity index (χ4v) is 1.16. The lowest BCUT2D eigenvalue weighted by Crippen LogP contribution is -2.03. The number of nitro groups is 1. The van der Waals surface area contributed by atoms with Gasteiger partial charge in [0.1, 0.15) is 5.75 Å². The number of aromatic hydroxyl groups is 1. The summed E-state index contributed by atoms with van der Waals surface area (Å²) in [5, 5.41) is 28.2. The van der Waals surface area contributed by atoms with Gasteiger partial charge in [0, 0.05) is 0 Å². The van der Waals surface area contributed by atoms with Gasteiger partial charge in [0.05, 0.1) is 29.2 Å². The van der Waals surface area contributed by atoms with E-state index in [4.69, 9.17) is 5.26 Å². The van der Waals surface area contributed by atoms with Gasteiger partial charge in [-0.25, -0.2) is 13.8 Å². The van der Waals surface area contributed by atoms with Crippen molar-refractivity contribution in [2.24, 2.45) is 0 Å². The van der Waals surface area contributed by atoms with Gasteiger partial charge in [-0.15, -0.1) is 0 Å². The van der Waals surface area contributed by atoms with Crippen molar-refractivity contribution in [1.29, 1.82) is 5.26 Å². The van der Waals surface area contributed by atoms with Crippen molar-refractivity contribution in [3.63, 3.8) is 0 Å². The first-order valence-corrected chi connectivity index (χ1v) is 3.99. The highest BCUT2D eigenvalue weighted by Crippen LogP contribution is 2.34. The van der Waals surface area contributed by atoms with Gasteiger partial charge < -0.3 is 5.11 Å². The summed E-state index contributed by atoms with van der Waals surface area (Å²) in [7, 11) is 0. The summed E-state index contributed by atoms with van der Waals surface area (Å²) in [5.74, 6) is -0.641. The van der Waals surface area contributed by atoms with Crippen LogP contribution in [-0.2, 0) is 6.42 Å². The minimum absolute atomic E-state index is 0.446. The van der Waals surface area contributed by atoms with E-state index in [0.29, 0.717) is 6.20 Å². The van der Waals surface area contributed by atoms with Gasteiger partial charge in [0.15, 0.2) is 5.69 Å². The van der Waals surface area contributed by atoms with Crippen LogP contribution in [0.15, 0.2) is 6.20 Å². The van der Waals surface area contributed by atoms with Crippen LogP contribution in [0, 0.1) is 21.4 Å². The van der Waals surface area contributed by atoms with Crippen molar-refractivity contribution in [3.8, 4) is 11.8 Å². The summed E-state index contributed by atoms with van der Waals surface area (Å²) < 4.78 is 24.8. The van der Waals surface area contributed by atoms with Crippen LogP contribution in [-0.4, -0.2) is 15.0 Å². The molecule has 0 aliphatic rings. The zero-order valence-corrected chi connectivity index (χ0v) is 7.72. The Hall–Kier alpha value is -2.30. The Morgan fingerprint density at radius 1 is 1.69 bits per heavy atom. The molecule has 1 heterocycles. The summed E-state index contributed by atoms with van der Waals surface area (Å²) >= 11 is 0. The highest BCUT2D eigenvalue weighted by atomic mass is 19.3. The Balaban J connectivity index is 3.51. The summed E-state index contributed by atoms with van der Waals surface area (Å²) in [4.78, 5) is 12.6. The second-order valence-electron chi connectivity index (χ2n) is 2.75. The maximum Gasteiger partial charge on any atom is 0.304 e. The highest BCUT2D eigenvalue weighted by molar-refractivity contribution is 5.52. The van der Waals surface area contributed by atoms with Crippen LogP contribution in [0.1, 0.15) is 17.7 Å². The number of rotatable bonds is 3. The maximum atomic E-state index is 12.4.